The number of hydrogen-bond donors (Lipinski definition) is 2. The lowest BCUT2D eigenvalue weighted by atomic mass is 10.0. The van der Waals surface area contributed by atoms with E-state index in [0.29, 0.717) is 6.54 Å². The molecule has 1 rings (SSSR count). The Hall–Kier alpha value is -1.26. The minimum atomic E-state index is -0.479. The molecule has 0 aliphatic heterocycles. The van der Waals surface area contributed by atoms with E-state index < -0.39 is 11.7 Å². The first kappa shape index (κ1) is 18.8. The third-order valence-electron chi connectivity index (χ3n) is 3.10. The van der Waals surface area contributed by atoms with E-state index in [-0.39, 0.29) is 12.1 Å². The van der Waals surface area contributed by atoms with Crippen molar-refractivity contribution in [2.75, 3.05) is 6.54 Å². The molecule has 0 saturated heterocycles. The summed E-state index contributed by atoms with van der Waals surface area (Å²) in [6, 6.07) is 8.17. The van der Waals surface area contributed by atoms with Crippen molar-refractivity contribution in [3.05, 3.63) is 34.9 Å². The highest BCUT2D eigenvalue weighted by Gasteiger charge is 2.17. The van der Waals surface area contributed by atoms with Crippen LogP contribution in [0.3, 0.4) is 0 Å². The van der Waals surface area contributed by atoms with Gasteiger partial charge in [0.2, 0.25) is 0 Å². The number of carbonyl (C=O) groups is 1. The first-order valence-corrected chi connectivity index (χ1v) is 8.07. The topological polar surface area (TPSA) is 50.4 Å². The van der Waals surface area contributed by atoms with Crippen molar-refractivity contribution in [2.45, 2.75) is 58.7 Å². The van der Waals surface area contributed by atoms with Crippen LogP contribution in [-0.4, -0.2) is 24.3 Å². The Morgan fingerprint density at radius 2 is 2.05 bits per heavy atom. The van der Waals surface area contributed by atoms with Crippen LogP contribution in [0.5, 0.6) is 0 Å². The molecule has 1 aromatic carbocycles. The number of rotatable bonds is 6. The van der Waals surface area contributed by atoms with Gasteiger partial charge >= 0.3 is 6.09 Å². The summed E-state index contributed by atoms with van der Waals surface area (Å²) in [7, 11) is 0. The van der Waals surface area contributed by atoms with Crippen LogP contribution in [0, 0.1) is 0 Å². The maximum absolute atomic E-state index is 11.7. The molecule has 2 unspecified atom stereocenters. The number of amides is 1. The van der Waals surface area contributed by atoms with E-state index in [0.717, 1.165) is 17.0 Å². The minimum absolute atomic E-state index is 0.122. The summed E-state index contributed by atoms with van der Waals surface area (Å²) in [6.45, 7) is 10.2. The molecule has 1 aromatic rings. The Morgan fingerprint density at radius 3 is 2.59 bits per heavy atom. The lowest BCUT2D eigenvalue weighted by molar-refractivity contribution is 0.0522. The SMILES string of the molecule is CCC(NC(C)CNC(=O)OC(C)(C)C)c1cccc(Cl)c1. The summed E-state index contributed by atoms with van der Waals surface area (Å²) >= 11 is 6.05. The second-order valence-electron chi connectivity index (χ2n) is 6.47. The summed E-state index contributed by atoms with van der Waals surface area (Å²) < 4.78 is 5.22. The van der Waals surface area contributed by atoms with Gasteiger partial charge in [0, 0.05) is 23.7 Å². The quantitative estimate of drug-likeness (QED) is 0.819. The fourth-order valence-corrected chi connectivity index (χ4v) is 2.32. The molecule has 0 radical (unpaired) electrons. The highest BCUT2D eigenvalue weighted by atomic mass is 35.5. The van der Waals surface area contributed by atoms with Gasteiger partial charge in [-0.05, 0) is 51.8 Å². The molecule has 0 spiro atoms. The van der Waals surface area contributed by atoms with Gasteiger partial charge in [-0.25, -0.2) is 4.79 Å². The standard InChI is InChI=1S/C17H27ClN2O2/c1-6-15(13-8-7-9-14(18)10-13)20-12(2)11-19-16(21)22-17(3,4)5/h7-10,12,15,20H,6,11H2,1-5H3,(H,19,21). The third kappa shape index (κ3) is 7.14. The van der Waals surface area contributed by atoms with Crippen molar-refractivity contribution in [3.8, 4) is 0 Å². The smallest absolute Gasteiger partial charge is 0.407 e. The van der Waals surface area contributed by atoms with E-state index in [1.165, 1.54) is 0 Å². The van der Waals surface area contributed by atoms with Gasteiger partial charge in [0.1, 0.15) is 5.60 Å². The Morgan fingerprint density at radius 1 is 1.36 bits per heavy atom. The summed E-state index contributed by atoms with van der Waals surface area (Å²) in [5.74, 6) is 0. The number of halogens is 1. The van der Waals surface area contributed by atoms with Gasteiger partial charge in [0.05, 0.1) is 0 Å². The summed E-state index contributed by atoms with van der Waals surface area (Å²) in [5, 5.41) is 7.01. The molecule has 124 valence electrons. The van der Waals surface area contributed by atoms with Gasteiger partial charge in [-0.15, -0.1) is 0 Å². The van der Waals surface area contributed by atoms with Crippen molar-refractivity contribution in [1.29, 1.82) is 0 Å². The number of nitrogens with one attached hydrogen (secondary N) is 2. The molecule has 1 amide bonds. The van der Waals surface area contributed by atoms with Gasteiger partial charge in [0.15, 0.2) is 0 Å². The van der Waals surface area contributed by atoms with Crippen LogP contribution >= 0.6 is 11.6 Å². The minimum Gasteiger partial charge on any atom is -0.444 e. The molecule has 0 aromatic heterocycles. The molecule has 5 heteroatoms. The Labute approximate surface area is 138 Å². The van der Waals surface area contributed by atoms with Gasteiger partial charge in [0.25, 0.3) is 0 Å². The maximum atomic E-state index is 11.7. The lowest BCUT2D eigenvalue weighted by Crippen LogP contribution is -2.42. The molecule has 0 fully saturated rings. The van der Waals surface area contributed by atoms with E-state index in [1.807, 2.05) is 45.9 Å². The van der Waals surface area contributed by atoms with E-state index >= 15 is 0 Å². The van der Waals surface area contributed by atoms with Crippen LogP contribution in [0.25, 0.3) is 0 Å². The number of ether oxygens (including phenoxy) is 1. The van der Waals surface area contributed by atoms with E-state index in [2.05, 4.69) is 23.6 Å². The van der Waals surface area contributed by atoms with Crippen molar-refractivity contribution in [3.63, 3.8) is 0 Å². The van der Waals surface area contributed by atoms with Crippen LogP contribution in [0.15, 0.2) is 24.3 Å². The van der Waals surface area contributed by atoms with Gasteiger partial charge in [-0.3, -0.25) is 0 Å². The predicted octanol–water partition coefficient (Wildman–Crippen LogP) is 4.29. The number of hydrogen-bond acceptors (Lipinski definition) is 3. The summed E-state index contributed by atoms with van der Waals surface area (Å²) in [6.07, 6.45) is 0.550. The normalized spacial score (nSPS) is 14.3. The Bertz CT molecular complexity index is 486. The maximum Gasteiger partial charge on any atom is 0.407 e. The van der Waals surface area contributed by atoms with Crippen LogP contribution in [0.2, 0.25) is 5.02 Å². The zero-order valence-corrected chi connectivity index (χ0v) is 14.8. The third-order valence-corrected chi connectivity index (χ3v) is 3.33. The summed E-state index contributed by atoms with van der Waals surface area (Å²) in [5.41, 5.74) is 0.673. The van der Waals surface area contributed by atoms with Crippen LogP contribution in [0.4, 0.5) is 4.79 Å². The molecule has 22 heavy (non-hydrogen) atoms. The molecule has 2 N–H and O–H groups in total. The van der Waals surface area contributed by atoms with E-state index in [9.17, 15) is 4.79 Å². The molecule has 0 heterocycles. The number of alkyl carbamates (subject to hydrolysis) is 1. The molecule has 0 aliphatic rings. The van der Waals surface area contributed by atoms with Crippen molar-refractivity contribution >= 4 is 17.7 Å². The molecule has 0 saturated carbocycles. The lowest BCUT2D eigenvalue weighted by Gasteiger charge is -2.24. The zero-order valence-electron chi connectivity index (χ0n) is 14.1. The van der Waals surface area contributed by atoms with Crippen LogP contribution in [0.1, 0.15) is 52.6 Å². The number of carbonyl (C=O) groups excluding carboxylic acids is 1. The van der Waals surface area contributed by atoms with Crippen molar-refractivity contribution in [2.24, 2.45) is 0 Å². The Kier molecular flexibility index (Phi) is 7.17. The average Bonchev–Trinajstić information content (AvgIpc) is 2.40. The zero-order chi connectivity index (χ0) is 16.8. The van der Waals surface area contributed by atoms with E-state index in [1.54, 1.807) is 0 Å². The molecule has 0 aliphatic carbocycles. The van der Waals surface area contributed by atoms with Crippen LogP contribution < -0.4 is 10.6 Å². The first-order chi connectivity index (χ1) is 10.2. The Balaban J connectivity index is 2.49. The fourth-order valence-electron chi connectivity index (χ4n) is 2.13. The average molecular weight is 327 g/mol. The molecular weight excluding hydrogens is 300 g/mol. The second-order valence-corrected chi connectivity index (χ2v) is 6.90. The largest absolute Gasteiger partial charge is 0.444 e. The highest BCUT2D eigenvalue weighted by Crippen LogP contribution is 2.20. The van der Waals surface area contributed by atoms with E-state index in [4.69, 9.17) is 16.3 Å². The van der Waals surface area contributed by atoms with Crippen LogP contribution in [-0.2, 0) is 4.74 Å². The molecular formula is C17H27ClN2O2. The molecule has 2 atom stereocenters. The van der Waals surface area contributed by atoms with Gasteiger partial charge < -0.3 is 15.4 Å². The highest BCUT2D eigenvalue weighted by molar-refractivity contribution is 6.30. The summed E-state index contributed by atoms with van der Waals surface area (Å²) in [4.78, 5) is 11.7. The van der Waals surface area contributed by atoms with Crippen molar-refractivity contribution < 1.29 is 9.53 Å². The predicted molar refractivity (Wildman–Crippen MR) is 91.3 cm³/mol. The molecule has 4 nitrogen and oxygen atoms in total. The number of benzene rings is 1. The second kappa shape index (κ2) is 8.39. The first-order valence-electron chi connectivity index (χ1n) is 7.69. The van der Waals surface area contributed by atoms with Crippen molar-refractivity contribution in [1.82, 2.24) is 10.6 Å². The monoisotopic (exact) mass is 326 g/mol. The fraction of sp³-hybridized carbons (Fsp3) is 0.588. The molecule has 0 bridgehead atoms. The van der Waals surface area contributed by atoms with Gasteiger partial charge in [-0.2, -0.15) is 0 Å². The van der Waals surface area contributed by atoms with Gasteiger partial charge in [-0.1, -0.05) is 30.7 Å².